The Hall–Kier alpha value is -4.17. The van der Waals surface area contributed by atoms with E-state index in [9.17, 15) is 4.79 Å². The molecule has 0 amide bonds. The van der Waals surface area contributed by atoms with E-state index in [4.69, 9.17) is 34.1 Å². The number of nitrogens with two attached hydrogens (primary N) is 3. The summed E-state index contributed by atoms with van der Waals surface area (Å²) in [6.45, 7) is 15.7. The van der Waals surface area contributed by atoms with Gasteiger partial charge in [0.1, 0.15) is 11.7 Å². The standard InChI is InChI=1S/C21H29N7O.C15H21ClN2/c1-21(2,3)17-11-15-13-28(20(29)27-18(15)26-17)16-7-5-14(6-8-16)12-24-9-4-10-25-19(22)23;1-15(2,3)13-8-11(6-4-5-7-17)14(16)12(9-13)10-18/h5-8,11,13,24H,4,9-10,12H2,1-3H3,(H4,22,23,25)(H,26,27,29);8-9H,4-7,17H2,1-3H3. The van der Waals surface area contributed by atoms with Gasteiger partial charge in [0.05, 0.1) is 16.3 Å². The fourth-order valence-corrected chi connectivity index (χ4v) is 5.09. The minimum Gasteiger partial charge on any atom is -0.370 e. The molecule has 0 radical (unpaired) electrons. The molecule has 0 saturated heterocycles. The molecule has 0 saturated carbocycles. The number of nitrogens with zero attached hydrogens (tertiary/aromatic N) is 4. The van der Waals surface area contributed by atoms with Crippen LogP contribution in [-0.4, -0.2) is 40.1 Å². The minimum atomic E-state index is -0.301. The Morgan fingerprint density at radius 2 is 1.74 bits per heavy atom. The van der Waals surface area contributed by atoms with E-state index in [1.807, 2.05) is 36.5 Å². The molecule has 11 heteroatoms. The van der Waals surface area contributed by atoms with Gasteiger partial charge in [0.2, 0.25) is 0 Å². The highest BCUT2D eigenvalue weighted by molar-refractivity contribution is 6.32. The van der Waals surface area contributed by atoms with Gasteiger partial charge in [-0.25, -0.2) is 4.79 Å². The fourth-order valence-electron chi connectivity index (χ4n) is 4.84. The van der Waals surface area contributed by atoms with Gasteiger partial charge in [-0.3, -0.25) is 9.56 Å². The summed E-state index contributed by atoms with van der Waals surface area (Å²) in [5.41, 5.74) is 22.2. The van der Waals surface area contributed by atoms with E-state index in [1.54, 1.807) is 4.57 Å². The van der Waals surface area contributed by atoms with Crippen LogP contribution in [-0.2, 0) is 23.8 Å². The van der Waals surface area contributed by atoms with Crippen molar-refractivity contribution in [3.63, 3.8) is 0 Å². The van der Waals surface area contributed by atoms with Gasteiger partial charge in [0.15, 0.2) is 5.96 Å². The molecule has 0 spiro atoms. The summed E-state index contributed by atoms with van der Waals surface area (Å²) in [7, 11) is 0. The van der Waals surface area contributed by atoms with Crippen LogP contribution in [0, 0.1) is 11.3 Å². The molecular formula is C36H50ClN9O. The Bertz CT molecular complexity index is 1750. The number of H-pyrrole nitrogens is 1. The van der Waals surface area contributed by atoms with E-state index in [0.29, 0.717) is 29.3 Å². The number of halogens is 1. The summed E-state index contributed by atoms with van der Waals surface area (Å²) < 4.78 is 1.58. The first-order valence-corrected chi connectivity index (χ1v) is 16.4. The number of guanidine groups is 1. The van der Waals surface area contributed by atoms with E-state index in [2.05, 4.69) is 80.0 Å². The van der Waals surface area contributed by atoms with Crippen LogP contribution in [0.5, 0.6) is 0 Å². The van der Waals surface area contributed by atoms with Gasteiger partial charge < -0.3 is 27.5 Å². The van der Waals surface area contributed by atoms with Gasteiger partial charge in [-0.1, -0.05) is 71.3 Å². The summed E-state index contributed by atoms with van der Waals surface area (Å²) in [6.07, 6.45) is 5.58. The lowest BCUT2D eigenvalue weighted by Gasteiger charge is -2.21. The number of rotatable bonds is 11. The van der Waals surface area contributed by atoms with Gasteiger partial charge in [-0.05, 0) is 85.1 Å². The van der Waals surface area contributed by atoms with Crippen molar-refractivity contribution in [2.24, 2.45) is 22.2 Å². The maximum Gasteiger partial charge on any atom is 0.354 e. The van der Waals surface area contributed by atoms with E-state index in [-0.39, 0.29) is 22.5 Å². The molecule has 10 nitrogen and oxygen atoms in total. The quantitative estimate of drug-likeness (QED) is 0.0795. The average molecular weight is 660 g/mol. The number of hydrogen-bond donors (Lipinski definition) is 5. The predicted octanol–water partition coefficient (Wildman–Crippen LogP) is 5.55. The third kappa shape index (κ3) is 11.0. The summed E-state index contributed by atoms with van der Waals surface area (Å²) >= 11 is 6.26. The predicted molar refractivity (Wildman–Crippen MR) is 194 cm³/mol. The third-order valence-electron chi connectivity index (χ3n) is 7.70. The van der Waals surface area contributed by atoms with Crippen LogP contribution >= 0.6 is 11.6 Å². The van der Waals surface area contributed by atoms with Gasteiger partial charge in [0.25, 0.3) is 0 Å². The Morgan fingerprint density at radius 3 is 2.34 bits per heavy atom. The first kappa shape index (κ1) is 37.3. The van der Waals surface area contributed by atoms with E-state index >= 15 is 0 Å². The largest absolute Gasteiger partial charge is 0.370 e. The number of aromatic amines is 1. The second-order valence-corrected chi connectivity index (χ2v) is 14.1. The zero-order valence-electron chi connectivity index (χ0n) is 28.6. The van der Waals surface area contributed by atoms with Crippen LogP contribution in [0.25, 0.3) is 16.7 Å². The van der Waals surface area contributed by atoms with Crippen LogP contribution in [0.4, 0.5) is 0 Å². The van der Waals surface area contributed by atoms with Crippen molar-refractivity contribution in [3.05, 3.63) is 92.1 Å². The first-order chi connectivity index (χ1) is 22.1. The monoisotopic (exact) mass is 659 g/mol. The summed E-state index contributed by atoms with van der Waals surface area (Å²) in [5.74, 6) is 0.123. The van der Waals surface area contributed by atoms with Crippen LogP contribution < -0.4 is 28.2 Å². The molecule has 0 fully saturated rings. The maximum atomic E-state index is 12.5. The maximum absolute atomic E-state index is 12.5. The zero-order valence-corrected chi connectivity index (χ0v) is 29.3. The number of nitrogens with one attached hydrogen (secondary N) is 2. The molecule has 252 valence electrons. The molecule has 0 unspecified atom stereocenters. The fraction of sp³-hybridized carbons (Fsp3) is 0.444. The molecule has 0 atom stereocenters. The smallest absolute Gasteiger partial charge is 0.354 e. The lowest BCUT2D eigenvalue weighted by Crippen LogP contribution is -2.23. The molecule has 4 aromatic rings. The van der Waals surface area contributed by atoms with Crippen molar-refractivity contribution in [2.75, 3.05) is 19.6 Å². The molecule has 0 aliphatic heterocycles. The Labute approximate surface area is 283 Å². The highest BCUT2D eigenvalue weighted by Gasteiger charge is 2.19. The van der Waals surface area contributed by atoms with Crippen molar-refractivity contribution in [1.82, 2.24) is 19.9 Å². The lowest BCUT2D eigenvalue weighted by atomic mass is 9.84. The molecule has 2 aromatic carbocycles. The van der Waals surface area contributed by atoms with Crippen LogP contribution in [0.1, 0.15) is 88.8 Å². The number of aryl methyl sites for hydroxylation is 1. The normalized spacial score (nSPS) is 11.6. The summed E-state index contributed by atoms with van der Waals surface area (Å²) in [5, 5.41) is 14.0. The van der Waals surface area contributed by atoms with Crippen molar-refractivity contribution >= 4 is 28.6 Å². The number of hydrogen-bond acceptors (Lipinski definition) is 6. The topological polar surface area (TPSA) is 177 Å². The van der Waals surface area contributed by atoms with E-state index in [1.165, 1.54) is 0 Å². The van der Waals surface area contributed by atoms with Gasteiger partial charge >= 0.3 is 5.69 Å². The van der Waals surface area contributed by atoms with Gasteiger partial charge in [-0.2, -0.15) is 10.2 Å². The zero-order chi connectivity index (χ0) is 34.8. The number of nitriles is 1. The highest BCUT2D eigenvalue weighted by Crippen LogP contribution is 2.31. The number of benzene rings is 2. The molecule has 47 heavy (non-hydrogen) atoms. The number of aromatic nitrogens is 3. The number of unbranched alkanes of at least 4 members (excludes halogenated alkanes) is 1. The lowest BCUT2D eigenvalue weighted by molar-refractivity contribution is 0.574. The molecule has 0 bridgehead atoms. The summed E-state index contributed by atoms with van der Waals surface area (Å²) in [4.78, 5) is 23.9. The van der Waals surface area contributed by atoms with Gasteiger partial charge in [-0.15, -0.1) is 0 Å². The van der Waals surface area contributed by atoms with Crippen molar-refractivity contribution in [1.29, 1.82) is 5.26 Å². The molecule has 2 aromatic heterocycles. The molecule has 0 aliphatic rings. The minimum absolute atomic E-state index is 0.0266. The third-order valence-corrected chi connectivity index (χ3v) is 8.15. The number of aliphatic imine (C=N–C) groups is 1. The van der Waals surface area contributed by atoms with Crippen molar-refractivity contribution < 1.29 is 0 Å². The number of fused-ring (bicyclic) bond motifs is 1. The average Bonchev–Trinajstić information content (AvgIpc) is 3.43. The van der Waals surface area contributed by atoms with E-state index in [0.717, 1.165) is 72.2 Å². The molecular weight excluding hydrogens is 610 g/mol. The van der Waals surface area contributed by atoms with Crippen molar-refractivity contribution in [2.45, 2.75) is 84.6 Å². The second kappa shape index (κ2) is 16.6. The van der Waals surface area contributed by atoms with Crippen LogP contribution in [0.2, 0.25) is 5.02 Å². The van der Waals surface area contributed by atoms with Gasteiger partial charge in [0, 0.05) is 35.8 Å². The highest BCUT2D eigenvalue weighted by atomic mass is 35.5. The summed E-state index contributed by atoms with van der Waals surface area (Å²) in [6, 6.07) is 16.1. The van der Waals surface area contributed by atoms with Crippen molar-refractivity contribution in [3.8, 4) is 11.8 Å². The molecule has 2 heterocycles. The molecule has 0 aliphatic carbocycles. The Kier molecular flexibility index (Phi) is 13.2. The Balaban J connectivity index is 0.000000287. The van der Waals surface area contributed by atoms with Crippen LogP contribution in [0.3, 0.4) is 0 Å². The Morgan fingerprint density at radius 1 is 1.04 bits per heavy atom. The molecule has 8 N–H and O–H groups in total. The second-order valence-electron chi connectivity index (χ2n) is 13.7. The SMILES string of the molecule is CC(C)(C)c1cc(C#N)c(Cl)c(CCCCN)c1.CC(C)(C)c1cc2cn(-c3ccc(CNCCCN=C(N)N)cc3)c(=O)nc2[nH]1. The molecule has 4 rings (SSSR count). The van der Waals surface area contributed by atoms with Crippen LogP contribution in [0.15, 0.2) is 58.4 Å². The van der Waals surface area contributed by atoms with E-state index < -0.39 is 0 Å². The first-order valence-electron chi connectivity index (χ1n) is 16.1.